The van der Waals surface area contributed by atoms with Gasteiger partial charge in [-0.1, -0.05) is 0 Å². The minimum atomic E-state index is -1.21. The standard InChI is InChI=1S/C9H18N2O5S/c1-6(17(2)16)5-10-9(15)11-7(3-4-12)8(13)14/h6-7,12H,3-5H2,1-2H3,(H,13,14)(H2,10,11,15). The van der Waals surface area contributed by atoms with E-state index in [9.17, 15) is 13.8 Å². The summed E-state index contributed by atoms with van der Waals surface area (Å²) < 4.78 is 11.0. The van der Waals surface area contributed by atoms with Crippen LogP contribution in [0.3, 0.4) is 0 Å². The molecule has 2 amide bonds. The highest BCUT2D eigenvalue weighted by Crippen LogP contribution is 1.92. The van der Waals surface area contributed by atoms with Gasteiger partial charge in [0, 0.05) is 41.9 Å². The minimum Gasteiger partial charge on any atom is -0.480 e. The average Bonchev–Trinajstić information content (AvgIpc) is 2.24. The molecule has 7 nitrogen and oxygen atoms in total. The number of aliphatic hydroxyl groups excluding tert-OH is 1. The van der Waals surface area contributed by atoms with Crippen molar-refractivity contribution in [3.8, 4) is 0 Å². The van der Waals surface area contributed by atoms with E-state index in [-0.39, 0.29) is 24.8 Å². The van der Waals surface area contributed by atoms with Crippen LogP contribution < -0.4 is 10.6 Å². The molecule has 0 radical (unpaired) electrons. The third kappa shape index (κ3) is 6.90. The Kier molecular flexibility index (Phi) is 7.47. The molecule has 0 spiro atoms. The lowest BCUT2D eigenvalue weighted by atomic mass is 10.2. The molecule has 17 heavy (non-hydrogen) atoms. The number of rotatable bonds is 7. The predicted molar refractivity (Wildman–Crippen MR) is 63.2 cm³/mol. The molecule has 3 atom stereocenters. The SMILES string of the molecule is CC(CNC(=O)NC(CCO)C(=O)O)S(C)=O. The Balaban J connectivity index is 4.06. The molecule has 0 rings (SSSR count). The molecule has 8 heteroatoms. The van der Waals surface area contributed by atoms with Crippen molar-refractivity contribution in [2.24, 2.45) is 0 Å². The van der Waals surface area contributed by atoms with E-state index in [2.05, 4.69) is 10.6 Å². The fourth-order valence-electron chi connectivity index (χ4n) is 0.950. The first-order valence-electron chi connectivity index (χ1n) is 5.08. The van der Waals surface area contributed by atoms with Crippen LogP contribution in [-0.2, 0) is 15.6 Å². The minimum absolute atomic E-state index is 0.0575. The Labute approximate surface area is 102 Å². The van der Waals surface area contributed by atoms with Gasteiger partial charge in [0.05, 0.1) is 0 Å². The molecule has 0 fully saturated rings. The normalized spacial score (nSPS) is 15.7. The summed E-state index contributed by atoms with van der Waals surface area (Å²) in [5.41, 5.74) is 0. The summed E-state index contributed by atoms with van der Waals surface area (Å²) in [4.78, 5) is 22.0. The number of amides is 2. The number of aliphatic carboxylic acids is 1. The molecule has 0 saturated heterocycles. The number of aliphatic hydroxyl groups is 1. The summed E-state index contributed by atoms with van der Waals surface area (Å²) in [7, 11) is -1.05. The quantitative estimate of drug-likeness (QED) is 0.466. The zero-order chi connectivity index (χ0) is 13.4. The van der Waals surface area contributed by atoms with Crippen molar-refractivity contribution in [3.05, 3.63) is 0 Å². The smallest absolute Gasteiger partial charge is 0.326 e. The Morgan fingerprint density at radius 3 is 2.41 bits per heavy atom. The number of urea groups is 1. The van der Waals surface area contributed by atoms with Gasteiger partial charge in [-0.2, -0.15) is 0 Å². The van der Waals surface area contributed by atoms with Gasteiger partial charge in [0.25, 0.3) is 0 Å². The monoisotopic (exact) mass is 266 g/mol. The highest BCUT2D eigenvalue weighted by molar-refractivity contribution is 7.84. The lowest BCUT2D eigenvalue weighted by Gasteiger charge is -2.15. The van der Waals surface area contributed by atoms with E-state index >= 15 is 0 Å². The molecule has 3 unspecified atom stereocenters. The predicted octanol–water partition coefficient (Wildman–Crippen LogP) is -1.11. The van der Waals surface area contributed by atoms with E-state index in [1.807, 2.05) is 0 Å². The number of carboxylic acids is 1. The van der Waals surface area contributed by atoms with Gasteiger partial charge in [-0.15, -0.1) is 0 Å². The van der Waals surface area contributed by atoms with Gasteiger partial charge in [0.15, 0.2) is 0 Å². The van der Waals surface area contributed by atoms with Gasteiger partial charge in [0.2, 0.25) is 0 Å². The van der Waals surface area contributed by atoms with E-state index in [0.717, 1.165) is 0 Å². The average molecular weight is 266 g/mol. The van der Waals surface area contributed by atoms with Crippen molar-refractivity contribution >= 4 is 22.8 Å². The summed E-state index contributed by atoms with van der Waals surface area (Å²) in [6.07, 6.45) is 1.47. The lowest BCUT2D eigenvalue weighted by molar-refractivity contribution is -0.139. The highest BCUT2D eigenvalue weighted by atomic mass is 32.2. The lowest BCUT2D eigenvalue weighted by Crippen LogP contribution is -2.48. The second-order valence-electron chi connectivity index (χ2n) is 3.57. The van der Waals surface area contributed by atoms with Crippen LogP contribution in [0.2, 0.25) is 0 Å². The van der Waals surface area contributed by atoms with Crippen molar-refractivity contribution in [1.29, 1.82) is 0 Å². The largest absolute Gasteiger partial charge is 0.480 e. The fraction of sp³-hybridized carbons (Fsp3) is 0.778. The Morgan fingerprint density at radius 1 is 1.41 bits per heavy atom. The fourth-order valence-corrected chi connectivity index (χ4v) is 1.27. The molecule has 0 aromatic heterocycles. The highest BCUT2D eigenvalue weighted by Gasteiger charge is 2.19. The molecule has 0 aliphatic rings. The molecule has 0 heterocycles. The summed E-state index contributed by atoms with van der Waals surface area (Å²) in [6.45, 7) is 1.58. The van der Waals surface area contributed by atoms with Crippen molar-refractivity contribution in [2.75, 3.05) is 19.4 Å². The van der Waals surface area contributed by atoms with Gasteiger partial charge >= 0.3 is 12.0 Å². The van der Waals surface area contributed by atoms with E-state index in [4.69, 9.17) is 10.2 Å². The number of carboxylic acid groups (broad SMARTS) is 1. The third-order valence-corrected chi connectivity index (χ3v) is 3.44. The molecule has 4 N–H and O–H groups in total. The van der Waals surface area contributed by atoms with Crippen molar-refractivity contribution in [3.63, 3.8) is 0 Å². The molecule has 0 bridgehead atoms. The first kappa shape index (κ1) is 15.9. The third-order valence-electron chi connectivity index (χ3n) is 2.14. The summed E-state index contributed by atoms with van der Waals surface area (Å²) in [5, 5.41) is 21.7. The first-order valence-corrected chi connectivity index (χ1v) is 6.70. The molecule has 0 aromatic carbocycles. The molecule has 0 aliphatic heterocycles. The zero-order valence-electron chi connectivity index (χ0n) is 9.80. The van der Waals surface area contributed by atoms with Crippen molar-refractivity contribution < 1.29 is 24.0 Å². The van der Waals surface area contributed by atoms with Gasteiger partial charge in [-0.05, 0) is 6.92 Å². The van der Waals surface area contributed by atoms with E-state index in [1.54, 1.807) is 6.92 Å². The van der Waals surface area contributed by atoms with E-state index in [1.165, 1.54) is 6.26 Å². The number of nitrogens with one attached hydrogen (secondary N) is 2. The van der Waals surface area contributed by atoms with Gasteiger partial charge in [-0.3, -0.25) is 4.21 Å². The van der Waals surface area contributed by atoms with E-state index in [0.29, 0.717) is 0 Å². The van der Waals surface area contributed by atoms with Crippen LogP contribution in [0.5, 0.6) is 0 Å². The van der Waals surface area contributed by atoms with Crippen LogP contribution in [0.15, 0.2) is 0 Å². The van der Waals surface area contributed by atoms with Crippen LogP contribution in [0.4, 0.5) is 4.79 Å². The second-order valence-corrected chi connectivity index (χ2v) is 5.37. The maximum absolute atomic E-state index is 11.3. The topological polar surface area (TPSA) is 116 Å². The van der Waals surface area contributed by atoms with Gasteiger partial charge in [-0.25, -0.2) is 9.59 Å². The Morgan fingerprint density at radius 2 is 2.00 bits per heavy atom. The van der Waals surface area contributed by atoms with Gasteiger partial charge in [0.1, 0.15) is 6.04 Å². The molecule has 0 aromatic rings. The second kappa shape index (κ2) is 8.02. The molecule has 0 saturated carbocycles. The number of carbonyl (C=O) groups excluding carboxylic acids is 1. The van der Waals surface area contributed by atoms with Gasteiger partial charge < -0.3 is 20.8 Å². The molecular formula is C9H18N2O5S. The van der Waals surface area contributed by atoms with Crippen LogP contribution in [0, 0.1) is 0 Å². The molecule has 0 aliphatic carbocycles. The maximum atomic E-state index is 11.3. The van der Waals surface area contributed by atoms with Crippen LogP contribution in [-0.4, -0.2) is 57.1 Å². The Hall–Kier alpha value is -1.15. The van der Waals surface area contributed by atoms with Crippen LogP contribution in [0.1, 0.15) is 13.3 Å². The van der Waals surface area contributed by atoms with Crippen molar-refractivity contribution in [2.45, 2.75) is 24.6 Å². The molecule has 100 valence electrons. The Bertz CT molecular complexity index is 297. The van der Waals surface area contributed by atoms with E-state index < -0.39 is 28.8 Å². The number of hydrogen-bond donors (Lipinski definition) is 4. The maximum Gasteiger partial charge on any atom is 0.326 e. The summed E-state index contributed by atoms with van der Waals surface area (Å²) >= 11 is 0. The summed E-state index contributed by atoms with van der Waals surface area (Å²) in [5.74, 6) is -1.21. The van der Waals surface area contributed by atoms with Crippen LogP contribution in [0.25, 0.3) is 0 Å². The zero-order valence-corrected chi connectivity index (χ0v) is 10.6. The van der Waals surface area contributed by atoms with Crippen molar-refractivity contribution in [1.82, 2.24) is 10.6 Å². The summed E-state index contributed by atoms with van der Waals surface area (Å²) in [6, 6.07) is -1.77. The first-order chi connectivity index (χ1) is 7.88. The number of hydrogen-bond acceptors (Lipinski definition) is 4. The number of carbonyl (C=O) groups is 2. The molecular weight excluding hydrogens is 248 g/mol. The van der Waals surface area contributed by atoms with Crippen LogP contribution >= 0.6 is 0 Å².